The maximum Gasteiger partial charge on any atom is 0.0809 e. The minimum atomic E-state index is 0.699. The molecule has 96 valence electrons. The molecule has 1 fully saturated rings. The highest BCUT2D eigenvalue weighted by Gasteiger charge is 2.25. The molecule has 1 aliphatic carbocycles. The zero-order chi connectivity index (χ0) is 12.1. The van der Waals surface area contributed by atoms with E-state index in [9.17, 15) is 0 Å². The smallest absolute Gasteiger partial charge is 0.0809 e. The Morgan fingerprint density at radius 2 is 2.06 bits per heavy atom. The fraction of sp³-hybridized carbons (Fsp3) is 0.714. The summed E-state index contributed by atoms with van der Waals surface area (Å²) in [4.78, 5) is 2.80. The van der Waals surface area contributed by atoms with Crippen molar-refractivity contribution in [2.45, 2.75) is 39.2 Å². The van der Waals surface area contributed by atoms with Gasteiger partial charge >= 0.3 is 0 Å². The van der Waals surface area contributed by atoms with Gasteiger partial charge in [0.25, 0.3) is 0 Å². The minimum Gasteiger partial charge on any atom is -0.376 e. The van der Waals surface area contributed by atoms with E-state index in [0.29, 0.717) is 11.8 Å². The molecule has 1 saturated carbocycles. The van der Waals surface area contributed by atoms with Crippen LogP contribution in [0.1, 0.15) is 35.9 Å². The summed E-state index contributed by atoms with van der Waals surface area (Å²) >= 11 is 1.87. The average Bonchev–Trinajstić information content (AvgIpc) is 2.97. The van der Waals surface area contributed by atoms with Gasteiger partial charge in [-0.1, -0.05) is 13.3 Å². The number of aryl methyl sites for hydroxylation is 1. The van der Waals surface area contributed by atoms with Crippen LogP contribution in [0.15, 0.2) is 12.1 Å². The predicted octanol–water partition coefficient (Wildman–Crippen LogP) is 3.20. The monoisotopic (exact) mass is 253 g/mol. The van der Waals surface area contributed by atoms with Crippen LogP contribution in [0, 0.1) is 11.8 Å². The minimum absolute atomic E-state index is 0.699. The molecule has 2 atom stereocenters. The van der Waals surface area contributed by atoms with E-state index in [0.717, 1.165) is 26.2 Å². The van der Waals surface area contributed by atoms with Gasteiger partial charge in [-0.05, 0) is 49.8 Å². The zero-order valence-corrected chi connectivity index (χ0v) is 11.5. The predicted molar refractivity (Wildman–Crippen MR) is 73.2 cm³/mol. The maximum absolute atomic E-state index is 5.85. The number of rotatable bonds is 6. The zero-order valence-electron chi connectivity index (χ0n) is 10.7. The molecule has 1 aromatic rings. The lowest BCUT2D eigenvalue weighted by atomic mass is 9.97. The van der Waals surface area contributed by atoms with Gasteiger partial charge in [0.05, 0.1) is 13.2 Å². The Hall–Kier alpha value is -0.380. The van der Waals surface area contributed by atoms with Gasteiger partial charge in [-0.25, -0.2) is 0 Å². The highest BCUT2D eigenvalue weighted by molar-refractivity contribution is 7.11. The Morgan fingerprint density at radius 3 is 2.76 bits per heavy atom. The number of thiophene rings is 1. The molecule has 1 aromatic heterocycles. The van der Waals surface area contributed by atoms with E-state index in [-0.39, 0.29) is 0 Å². The molecule has 1 heterocycles. The van der Waals surface area contributed by atoms with E-state index < -0.39 is 0 Å². The van der Waals surface area contributed by atoms with Crippen LogP contribution in [0.3, 0.4) is 0 Å². The number of ether oxygens (including phenoxy) is 1. The quantitative estimate of drug-likeness (QED) is 0.845. The van der Waals surface area contributed by atoms with Crippen LogP contribution in [0.4, 0.5) is 0 Å². The first-order valence-corrected chi connectivity index (χ1v) is 7.50. The lowest BCUT2D eigenvalue weighted by Gasteiger charge is -2.17. The van der Waals surface area contributed by atoms with Crippen molar-refractivity contribution in [3.05, 3.63) is 21.9 Å². The lowest BCUT2D eigenvalue weighted by Crippen LogP contribution is -2.22. The molecule has 3 heteroatoms. The van der Waals surface area contributed by atoms with Gasteiger partial charge in [0.1, 0.15) is 0 Å². The molecule has 0 spiro atoms. The van der Waals surface area contributed by atoms with Crippen LogP contribution in [-0.4, -0.2) is 13.2 Å². The molecular formula is C14H23NOS. The van der Waals surface area contributed by atoms with Crippen LogP contribution in [-0.2, 0) is 17.8 Å². The molecule has 2 nitrogen and oxygen atoms in total. The molecular weight excluding hydrogens is 230 g/mol. The van der Waals surface area contributed by atoms with Crippen molar-refractivity contribution in [2.24, 2.45) is 17.6 Å². The lowest BCUT2D eigenvalue weighted by molar-refractivity contribution is 0.0769. The SMILES string of the molecule is CCc1ccc(COCC2CCCC2CN)s1. The van der Waals surface area contributed by atoms with Crippen molar-refractivity contribution in [3.63, 3.8) is 0 Å². The van der Waals surface area contributed by atoms with Crippen LogP contribution in [0.5, 0.6) is 0 Å². The number of nitrogens with two attached hydrogens (primary N) is 1. The second-order valence-corrected chi connectivity index (χ2v) is 6.18. The third kappa shape index (κ3) is 3.54. The second kappa shape index (κ2) is 6.53. The van der Waals surface area contributed by atoms with Crippen molar-refractivity contribution >= 4 is 11.3 Å². The summed E-state index contributed by atoms with van der Waals surface area (Å²) < 4.78 is 5.85. The summed E-state index contributed by atoms with van der Waals surface area (Å²) in [6.07, 6.45) is 5.05. The molecule has 2 unspecified atom stereocenters. The number of hydrogen-bond acceptors (Lipinski definition) is 3. The Bertz CT molecular complexity index is 337. The molecule has 0 amide bonds. The molecule has 2 rings (SSSR count). The maximum atomic E-state index is 5.85. The van der Waals surface area contributed by atoms with Gasteiger partial charge in [0, 0.05) is 9.75 Å². The Balaban J connectivity index is 1.72. The summed E-state index contributed by atoms with van der Waals surface area (Å²) in [6.45, 7) is 4.69. The summed E-state index contributed by atoms with van der Waals surface area (Å²) in [5.74, 6) is 1.40. The molecule has 17 heavy (non-hydrogen) atoms. The van der Waals surface area contributed by atoms with Crippen LogP contribution in [0.25, 0.3) is 0 Å². The molecule has 2 N–H and O–H groups in total. The van der Waals surface area contributed by atoms with E-state index in [4.69, 9.17) is 10.5 Å². The number of hydrogen-bond donors (Lipinski definition) is 1. The molecule has 0 aliphatic heterocycles. The largest absolute Gasteiger partial charge is 0.376 e. The fourth-order valence-electron chi connectivity index (χ4n) is 2.64. The van der Waals surface area contributed by atoms with Crippen molar-refractivity contribution < 1.29 is 4.74 Å². The van der Waals surface area contributed by atoms with Gasteiger partial charge in [-0.2, -0.15) is 0 Å². The van der Waals surface area contributed by atoms with Crippen molar-refractivity contribution in [1.29, 1.82) is 0 Å². The third-order valence-electron chi connectivity index (χ3n) is 3.76. The van der Waals surface area contributed by atoms with E-state index >= 15 is 0 Å². The Labute approximate surface area is 108 Å². The van der Waals surface area contributed by atoms with Crippen LogP contribution >= 0.6 is 11.3 Å². The summed E-state index contributed by atoms with van der Waals surface area (Å²) in [7, 11) is 0. The molecule has 0 bridgehead atoms. The van der Waals surface area contributed by atoms with Crippen molar-refractivity contribution in [2.75, 3.05) is 13.2 Å². The van der Waals surface area contributed by atoms with E-state index in [1.54, 1.807) is 0 Å². The first-order valence-electron chi connectivity index (χ1n) is 6.69. The molecule has 0 saturated heterocycles. The van der Waals surface area contributed by atoms with Crippen molar-refractivity contribution in [1.82, 2.24) is 0 Å². The summed E-state index contributed by atoms with van der Waals surface area (Å²) in [5, 5.41) is 0. The highest BCUT2D eigenvalue weighted by atomic mass is 32.1. The fourth-order valence-corrected chi connectivity index (χ4v) is 3.54. The van der Waals surface area contributed by atoms with E-state index in [1.165, 1.54) is 29.0 Å². The van der Waals surface area contributed by atoms with Gasteiger partial charge in [0.15, 0.2) is 0 Å². The van der Waals surface area contributed by atoms with Gasteiger partial charge in [0.2, 0.25) is 0 Å². The standard InChI is InChI=1S/C14H23NOS/c1-2-13-6-7-14(17-13)10-16-9-12-5-3-4-11(12)8-15/h6-7,11-12H,2-5,8-10,15H2,1H3. The van der Waals surface area contributed by atoms with Gasteiger partial charge in [-0.3, -0.25) is 0 Å². The van der Waals surface area contributed by atoms with E-state index in [2.05, 4.69) is 19.1 Å². The highest BCUT2D eigenvalue weighted by Crippen LogP contribution is 2.31. The van der Waals surface area contributed by atoms with Crippen LogP contribution in [0.2, 0.25) is 0 Å². The molecule has 0 aromatic carbocycles. The molecule has 1 aliphatic rings. The Morgan fingerprint density at radius 1 is 1.29 bits per heavy atom. The van der Waals surface area contributed by atoms with E-state index in [1.807, 2.05) is 11.3 Å². The summed E-state index contributed by atoms with van der Waals surface area (Å²) in [6, 6.07) is 4.40. The Kier molecular flexibility index (Phi) is 5.01. The van der Waals surface area contributed by atoms with Gasteiger partial charge < -0.3 is 10.5 Å². The summed E-state index contributed by atoms with van der Waals surface area (Å²) in [5.41, 5.74) is 5.77. The van der Waals surface area contributed by atoms with Crippen LogP contribution < -0.4 is 5.73 Å². The van der Waals surface area contributed by atoms with Gasteiger partial charge in [-0.15, -0.1) is 11.3 Å². The van der Waals surface area contributed by atoms with Crippen molar-refractivity contribution in [3.8, 4) is 0 Å². The average molecular weight is 253 g/mol. The first-order chi connectivity index (χ1) is 8.33. The topological polar surface area (TPSA) is 35.2 Å². The third-order valence-corrected chi connectivity index (χ3v) is 4.96. The molecule has 0 radical (unpaired) electrons. The normalized spacial score (nSPS) is 24.4. The second-order valence-electron chi connectivity index (χ2n) is 4.92. The first kappa shape index (κ1) is 13.1.